The molecule has 0 spiro atoms. The van der Waals surface area contributed by atoms with Gasteiger partial charge in [-0.25, -0.2) is 0 Å². The summed E-state index contributed by atoms with van der Waals surface area (Å²) in [6.07, 6.45) is 23.7. The molecule has 0 bridgehead atoms. The van der Waals surface area contributed by atoms with Gasteiger partial charge in [0.2, 0.25) is 0 Å². The van der Waals surface area contributed by atoms with Crippen LogP contribution in [0.15, 0.2) is 0 Å². The van der Waals surface area contributed by atoms with Gasteiger partial charge in [-0.3, -0.25) is 0 Å². The summed E-state index contributed by atoms with van der Waals surface area (Å²) >= 11 is 1.47. The standard InChI is InChI=1S/C18H37.Y/c1-3-5-7-9-11-13-15-17-18-16-14-12-10-8-6-4-2;/h1,3-18H2,2H3;. The first-order chi connectivity index (χ1) is 9.41. The number of hydrogen-bond donors (Lipinski definition) is 0. The van der Waals surface area contributed by atoms with Crippen LogP contribution in [0.2, 0.25) is 3.23 Å². The SMILES string of the molecule is CCCCCCCCCCCCCCCCC[CH2][Y]. The van der Waals surface area contributed by atoms with Gasteiger partial charge in [0, 0.05) is 0 Å². The van der Waals surface area contributed by atoms with Gasteiger partial charge < -0.3 is 0 Å². The molecule has 0 saturated heterocycles. The predicted octanol–water partition coefficient (Wildman–Crippen LogP) is 7.21. The molecule has 0 aromatic carbocycles. The Kier molecular flexibility index (Phi) is 20.2. The summed E-state index contributed by atoms with van der Waals surface area (Å²) in [6.45, 7) is 2.30. The van der Waals surface area contributed by atoms with Crippen molar-refractivity contribution in [2.45, 2.75) is 113 Å². The molecule has 0 heterocycles. The Morgan fingerprint density at radius 1 is 0.421 bits per heavy atom. The monoisotopic (exact) mass is 342 g/mol. The Morgan fingerprint density at radius 2 is 0.684 bits per heavy atom. The van der Waals surface area contributed by atoms with E-state index in [2.05, 4.69) is 6.92 Å². The van der Waals surface area contributed by atoms with E-state index in [-0.39, 0.29) is 0 Å². The summed E-state index contributed by atoms with van der Waals surface area (Å²) in [5.41, 5.74) is 0. The first-order valence-corrected chi connectivity index (χ1v) is 11.1. The molecule has 0 aliphatic heterocycles. The summed E-state index contributed by atoms with van der Waals surface area (Å²) in [5.74, 6) is 0. The zero-order valence-corrected chi connectivity index (χ0v) is 16.4. The van der Waals surface area contributed by atoms with Gasteiger partial charge in [-0.2, -0.15) is 0 Å². The molecular formula is C18H37Y. The maximum absolute atomic E-state index is 2.30. The summed E-state index contributed by atoms with van der Waals surface area (Å²) in [4.78, 5) is 0. The van der Waals surface area contributed by atoms with Crippen LogP contribution in [-0.4, -0.2) is 0 Å². The Hall–Kier alpha value is 1.10. The van der Waals surface area contributed by atoms with Gasteiger partial charge in [-0.15, -0.1) is 0 Å². The van der Waals surface area contributed by atoms with Gasteiger partial charge in [-0.05, 0) is 0 Å². The fourth-order valence-corrected chi connectivity index (χ4v) is 3.40. The third kappa shape index (κ3) is 19.1. The van der Waals surface area contributed by atoms with Crippen LogP contribution < -0.4 is 0 Å². The molecule has 0 radical (unpaired) electrons. The van der Waals surface area contributed by atoms with E-state index in [1.54, 1.807) is 0 Å². The molecule has 0 amide bonds. The minimum atomic E-state index is 1.38. The van der Waals surface area contributed by atoms with Crippen molar-refractivity contribution in [1.82, 2.24) is 0 Å². The van der Waals surface area contributed by atoms with Crippen LogP contribution in [0.3, 0.4) is 0 Å². The van der Waals surface area contributed by atoms with Crippen LogP contribution in [0.1, 0.15) is 110 Å². The van der Waals surface area contributed by atoms with Crippen LogP contribution >= 0.6 is 0 Å². The van der Waals surface area contributed by atoms with Gasteiger partial charge in [0.05, 0.1) is 0 Å². The predicted molar refractivity (Wildman–Crippen MR) is 84.4 cm³/mol. The van der Waals surface area contributed by atoms with E-state index in [4.69, 9.17) is 0 Å². The van der Waals surface area contributed by atoms with Gasteiger partial charge in [0.25, 0.3) is 0 Å². The number of unbranched alkanes of at least 4 members (excludes halogenated alkanes) is 15. The maximum atomic E-state index is 2.30. The van der Waals surface area contributed by atoms with Crippen LogP contribution in [0, 0.1) is 0 Å². The molecule has 0 fully saturated rings. The first kappa shape index (κ1) is 20.1. The van der Waals surface area contributed by atoms with Crippen LogP contribution in [0.4, 0.5) is 0 Å². The van der Waals surface area contributed by atoms with Crippen LogP contribution in [0.25, 0.3) is 0 Å². The first-order valence-electron chi connectivity index (χ1n) is 9.12. The molecular weight excluding hydrogens is 305 g/mol. The summed E-state index contributed by atoms with van der Waals surface area (Å²) in [6, 6.07) is 0. The Labute approximate surface area is 143 Å². The normalized spacial score (nSPS) is 10.9. The van der Waals surface area contributed by atoms with Gasteiger partial charge in [0.15, 0.2) is 0 Å². The Morgan fingerprint density at radius 3 is 0.947 bits per heavy atom. The summed E-state index contributed by atoms with van der Waals surface area (Å²) < 4.78 is 1.50. The number of rotatable bonds is 16. The van der Waals surface area contributed by atoms with Gasteiger partial charge in [0.1, 0.15) is 0 Å². The molecule has 0 aliphatic carbocycles. The van der Waals surface area contributed by atoms with Crippen LogP contribution in [0.5, 0.6) is 0 Å². The zero-order valence-electron chi connectivity index (χ0n) is 13.6. The summed E-state index contributed by atoms with van der Waals surface area (Å²) in [5, 5.41) is 0. The van der Waals surface area contributed by atoms with E-state index in [1.807, 2.05) is 0 Å². The molecule has 0 saturated carbocycles. The fourth-order valence-electron chi connectivity index (χ4n) is 2.69. The Balaban J connectivity index is 2.88. The summed E-state index contributed by atoms with van der Waals surface area (Å²) in [7, 11) is 0. The van der Waals surface area contributed by atoms with Crippen molar-refractivity contribution < 1.29 is 31.0 Å². The van der Waals surface area contributed by atoms with E-state index < -0.39 is 0 Å². The van der Waals surface area contributed by atoms with Crippen molar-refractivity contribution in [3.63, 3.8) is 0 Å². The molecule has 0 unspecified atom stereocenters. The molecule has 0 atom stereocenters. The zero-order chi connectivity index (χ0) is 14.0. The molecule has 0 rings (SSSR count). The molecule has 19 heavy (non-hydrogen) atoms. The third-order valence-corrected chi connectivity index (χ3v) is 5.06. The Bertz CT molecular complexity index is 129. The molecule has 0 N–H and O–H groups in total. The van der Waals surface area contributed by atoms with Crippen molar-refractivity contribution in [3.05, 3.63) is 0 Å². The van der Waals surface area contributed by atoms with Crippen molar-refractivity contribution in [2.24, 2.45) is 0 Å². The molecule has 1 heteroatoms. The third-order valence-electron chi connectivity index (χ3n) is 4.06. The van der Waals surface area contributed by atoms with Crippen molar-refractivity contribution in [1.29, 1.82) is 0 Å². The van der Waals surface area contributed by atoms with Crippen molar-refractivity contribution >= 4 is 0 Å². The average Bonchev–Trinajstić information content (AvgIpc) is 2.43. The van der Waals surface area contributed by atoms with Crippen molar-refractivity contribution in [3.8, 4) is 0 Å². The van der Waals surface area contributed by atoms with E-state index in [9.17, 15) is 0 Å². The average molecular weight is 342 g/mol. The minimum absolute atomic E-state index is 1.38. The van der Waals surface area contributed by atoms with Gasteiger partial charge in [-0.1, -0.05) is 39.0 Å². The molecule has 0 nitrogen and oxygen atoms in total. The number of hydrogen-bond acceptors (Lipinski definition) is 0. The second-order valence-electron chi connectivity index (χ2n) is 6.09. The molecule has 0 aromatic rings. The van der Waals surface area contributed by atoms with Crippen LogP contribution in [-0.2, 0) is 31.0 Å². The van der Waals surface area contributed by atoms with E-state index in [0.29, 0.717) is 0 Å². The molecule has 0 aromatic heterocycles. The molecule has 0 aliphatic rings. The van der Waals surface area contributed by atoms with Gasteiger partial charge >= 0.3 is 105 Å². The van der Waals surface area contributed by atoms with E-state index in [1.165, 1.54) is 137 Å². The van der Waals surface area contributed by atoms with E-state index >= 15 is 0 Å². The second kappa shape index (κ2) is 19.1. The fraction of sp³-hybridized carbons (Fsp3) is 1.00. The topological polar surface area (TPSA) is 0 Å². The second-order valence-corrected chi connectivity index (χ2v) is 7.51. The molecule has 112 valence electrons. The van der Waals surface area contributed by atoms with E-state index in [0.717, 1.165) is 0 Å². The quantitative estimate of drug-likeness (QED) is 0.260. The van der Waals surface area contributed by atoms with Crippen molar-refractivity contribution in [2.75, 3.05) is 0 Å².